The lowest BCUT2D eigenvalue weighted by Crippen LogP contribution is -2.29. The molecule has 118 valence electrons. The highest BCUT2D eigenvalue weighted by Crippen LogP contribution is 2.18. The standard InChI is InChI=1S/C17H29N3S/c1-3-4-5-9-12-21-17-18-15(2)13-16(19-17)14-20-10-7-6-8-11-20/h13H,3-12,14H2,1-2H3. The normalized spacial score (nSPS) is 16.3. The molecule has 0 unspecified atom stereocenters. The second kappa shape index (κ2) is 9.42. The van der Waals surface area contributed by atoms with E-state index in [9.17, 15) is 0 Å². The highest BCUT2D eigenvalue weighted by atomic mass is 32.2. The smallest absolute Gasteiger partial charge is 0.188 e. The van der Waals surface area contributed by atoms with Gasteiger partial charge < -0.3 is 0 Å². The molecule has 1 saturated heterocycles. The predicted molar refractivity (Wildman–Crippen MR) is 90.8 cm³/mol. The van der Waals surface area contributed by atoms with Crippen LogP contribution in [0.15, 0.2) is 11.2 Å². The van der Waals surface area contributed by atoms with Crippen molar-refractivity contribution in [3.8, 4) is 0 Å². The maximum Gasteiger partial charge on any atom is 0.188 e. The second-order valence-corrected chi connectivity index (χ2v) is 7.09. The third kappa shape index (κ3) is 6.35. The van der Waals surface area contributed by atoms with E-state index >= 15 is 0 Å². The fourth-order valence-corrected chi connectivity index (χ4v) is 3.71. The molecule has 0 bridgehead atoms. The van der Waals surface area contributed by atoms with Gasteiger partial charge in [0.2, 0.25) is 0 Å². The molecule has 0 amide bonds. The van der Waals surface area contributed by atoms with Gasteiger partial charge in [-0.3, -0.25) is 4.90 Å². The van der Waals surface area contributed by atoms with Crippen molar-refractivity contribution in [1.29, 1.82) is 0 Å². The molecule has 1 fully saturated rings. The molecule has 1 aliphatic heterocycles. The summed E-state index contributed by atoms with van der Waals surface area (Å²) < 4.78 is 0. The van der Waals surface area contributed by atoms with Crippen molar-refractivity contribution in [3.63, 3.8) is 0 Å². The monoisotopic (exact) mass is 307 g/mol. The van der Waals surface area contributed by atoms with Crippen LogP contribution in [-0.2, 0) is 6.54 Å². The first-order valence-corrected chi connectivity index (χ1v) is 9.46. The van der Waals surface area contributed by atoms with Gasteiger partial charge in [-0.1, -0.05) is 44.4 Å². The second-order valence-electron chi connectivity index (χ2n) is 6.03. The van der Waals surface area contributed by atoms with Gasteiger partial charge in [0, 0.05) is 18.0 Å². The summed E-state index contributed by atoms with van der Waals surface area (Å²) in [6.45, 7) is 7.78. The number of aromatic nitrogens is 2. The molecule has 21 heavy (non-hydrogen) atoms. The highest BCUT2D eigenvalue weighted by molar-refractivity contribution is 7.99. The van der Waals surface area contributed by atoms with Gasteiger partial charge in [0.05, 0.1) is 5.69 Å². The molecule has 0 atom stereocenters. The first-order chi connectivity index (χ1) is 10.3. The molecule has 2 rings (SSSR count). The summed E-state index contributed by atoms with van der Waals surface area (Å²) in [6, 6.07) is 2.15. The van der Waals surface area contributed by atoms with Crippen molar-refractivity contribution in [2.24, 2.45) is 0 Å². The van der Waals surface area contributed by atoms with E-state index in [-0.39, 0.29) is 0 Å². The number of thioether (sulfide) groups is 1. The van der Waals surface area contributed by atoms with Crippen molar-refractivity contribution in [1.82, 2.24) is 14.9 Å². The summed E-state index contributed by atoms with van der Waals surface area (Å²) in [4.78, 5) is 11.9. The fourth-order valence-electron chi connectivity index (χ4n) is 2.79. The van der Waals surface area contributed by atoms with Crippen molar-refractivity contribution in [2.45, 2.75) is 70.5 Å². The number of nitrogens with zero attached hydrogens (tertiary/aromatic N) is 3. The maximum atomic E-state index is 4.76. The Kier molecular flexibility index (Phi) is 7.51. The predicted octanol–water partition coefficient (Wildman–Crippen LogP) is 4.44. The molecule has 1 aromatic rings. The Morgan fingerprint density at radius 3 is 2.67 bits per heavy atom. The summed E-state index contributed by atoms with van der Waals surface area (Å²) in [7, 11) is 0. The molecule has 0 aliphatic carbocycles. The molecule has 0 aromatic carbocycles. The summed E-state index contributed by atoms with van der Waals surface area (Å²) in [5.41, 5.74) is 2.30. The van der Waals surface area contributed by atoms with E-state index in [1.807, 2.05) is 11.8 Å². The largest absolute Gasteiger partial charge is 0.298 e. The topological polar surface area (TPSA) is 29.0 Å². The average molecular weight is 308 g/mol. The Hall–Kier alpha value is -0.610. The number of aryl methyl sites for hydroxylation is 1. The van der Waals surface area contributed by atoms with E-state index in [4.69, 9.17) is 4.98 Å². The van der Waals surface area contributed by atoms with Crippen molar-refractivity contribution in [2.75, 3.05) is 18.8 Å². The maximum absolute atomic E-state index is 4.76. The molecule has 0 radical (unpaired) electrons. The van der Waals surface area contributed by atoms with Gasteiger partial charge in [0.25, 0.3) is 0 Å². The van der Waals surface area contributed by atoms with Crippen molar-refractivity contribution in [3.05, 3.63) is 17.5 Å². The lowest BCUT2D eigenvalue weighted by molar-refractivity contribution is 0.218. The molecule has 4 heteroatoms. The third-order valence-corrected chi connectivity index (χ3v) is 4.88. The Bertz CT molecular complexity index is 416. The number of hydrogen-bond acceptors (Lipinski definition) is 4. The van der Waals surface area contributed by atoms with Crippen LogP contribution in [0.25, 0.3) is 0 Å². The first-order valence-electron chi connectivity index (χ1n) is 8.47. The number of rotatable bonds is 8. The summed E-state index contributed by atoms with van der Waals surface area (Å²) in [5, 5.41) is 0.971. The SMILES string of the molecule is CCCCCCSc1nc(C)cc(CN2CCCCC2)n1. The lowest BCUT2D eigenvalue weighted by Gasteiger charge is -2.26. The zero-order valence-corrected chi connectivity index (χ0v) is 14.4. The summed E-state index contributed by atoms with van der Waals surface area (Å²) in [6.07, 6.45) is 9.30. The van der Waals surface area contributed by atoms with Gasteiger partial charge in [0.1, 0.15) is 0 Å². The third-order valence-electron chi connectivity index (χ3n) is 3.95. The molecular weight excluding hydrogens is 278 g/mol. The minimum Gasteiger partial charge on any atom is -0.298 e. The number of likely N-dealkylation sites (tertiary alicyclic amines) is 1. The summed E-state index contributed by atoms with van der Waals surface area (Å²) >= 11 is 1.82. The van der Waals surface area contributed by atoms with Crippen LogP contribution in [0, 0.1) is 6.92 Å². The minimum atomic E-state index is 0.971. The molecule has 2 heterocycles. The van der Waals surface area contributed by atoms with Gasteiger partial charge in [-0.05, 0) is 45.3 Å². The molecule has 3 nitrogen and oxygen atoms in total. The van der Waals surface area contributed by atoms with E-state index in [1.165, 1.54) is 63.7 Å². The van der Waals surface area contributed by atoms with Crippen LogP contribution < -0.4 is 0 Å². The lowest BCUT2D eigenvalue weighted by atomic mass is 10.1. The van der Waals surface area contributed by atoms with Gasteiger partial charge >= 0.3 is 0 Å². The zero-order chi connectivity index (χ0) is 14.9. The van der Waals surface area contributed by atoms with E-state index in [0.29, 0.717) is 0 Å². The fraction of sp³-hybridized carbons (Fsp3) is 0.765. The zero-order valence-electron chi connectivity index (χ0n) is 13.6. The quantitative estimate of drug-likeness (QED) is 0.403. The van der Waals surface area contributed by atoms with Crippen LogP contribution in [0.5, 0.6) is 0 Å². The molecule has 1 aliphatic rings. The molecule has 0 N–H and O–H groups in total. The van der Waals surface area contributed by atoms with E-state index in [0.717, 1.165) is 23.1 Å². The number of piperidine rings is 1. The number of unbranched alkanes of at least 4 members (excludes halogenated alkanes) is 3. The van der Waals surface area contributed by atoms with Crippen LogP contribution in [-0.4, -0.2) is 33.7 Å². The Morgan fingerprint density at radius 2 is 1.90 bits per heavy atom. The van der Waals surface area contributed by atoms with E-state index < -0.39 is 0 Å². The Balaban J connectivity index is 1.84. The van der Waals surface area contributed by atoms with Gasteiger partial charge in [0.15, 0.2) is 5.16 Å². The average Bonchev–Trinajstić information content (AvgIpc) is 2.47. The van der Waals surface area contributed by atoms with Crippen LogP contribution >= 0.6 is 11.8 Å². The Labute approximate surface area is 133 Å². The molecule has 1 aromatic heterocycles. The molecule has 0 saturated carbocycles. The van der Waals surface area contributed by atoms with Gasteiger partial charge in [-0.25, -0.2) is 9.97 Å². The van der Waals surface area contributed by atoms with Crippen LogP contribution in [0.3, 0.4) is 0 Å². The van der Waals surface area contributed by atoms with Crippen molar-refractivity contribution >= 4 is 11.8 Å². The van der Waals surface area contributed by atoms with Crippen LogP contribution in [0.2, 0.25) is 0 Å². The molecule has 0 spiro atoms. The van der Waals surface area contributed by atoms with Crippen LogP contribution in [0.4, 0.5) is 0 Å². The Morgan fingerprint density at radius 1 is 1.10 bits per heavy atom. The highest BCUT2D eigenvalue weighted by Gasteiger charge is 2.12. The van der Waals surface area contributed by atoms with E-state index in [1.54, 1.807) is 0 Å². The van der Waals surface area contributed by atoms with Crippen molar-refractivity contribution < 1.29 is 0 Å². The van der Waals surface area contributed by atoms with Crippen LogP contribution in [0.1, 0.15) is 63.3 Å². The van der Waals surface area contributed by atoms with Gasteiger partial charge in [-0.15, -0.1) is 0 Å². The van der Waals surface area contributed by atoms with E-state index in [2.05, 4.69) is 29.8 Å². The summed E-state index contributed by atoms with van der Waals surface area (Å²) in [5.74, 6) is 1.15. The van der Waals surface area contributed by atoms with Gasteiger partial charge in [-0.2, -0.15) is 0 Å². The number of hydrogen-bond donors (Lipinski definition) is 0. The minimum absolute atomic E-state index is 0.971. The first kappa shape index (κ1) is 16.8. The molecular formula is C17H29N3S.